The molecule has 0 bridgehead atoms. The molecule has 1 aromatic carbocycles. The Hall–Kier alpha value is -1.68. The molecular weight excluding hydrogens is 410 g/mol. The van der Waals surface area contributed by atoms with E-state index in [0.29, 0.717) is 16.0 Å². The third kappa shape index (κ3) is 4.94. The molecule has 1 N–H and O–H groups in total. The Labute approximate surface area is 168 Å². The maximum Gasteiger partial charge on any atom is 0.277 e. The van der Waals surface area contributed by atoms with Gasteiger partial charge in [-0.25, -0.2) is 9.97 Å². The number of aryl methyl sites for hydroxylation is 1. The maximum absolute atomic E-state index is 12.4. The molecule has 1 amide bonds. The van der Waals surface area contributed by atoms with Gasteiger partial charge < -0.3 is 0 Å². The van der Waals surface area contributed by atoms with Crippen molar-refractivity contribution in [2.24, 2.45) is 0 Å². The second kappa shape index (κ2) is 8.81. The van der Waals surface area contributed by atoms with Gasteiger partial charge in [0.15, 0.2) is 15.2 Å². The van der Waals surface area contributed by atoms with Crippen molar-refractivity contribution in [2.45, 2.75) is 22.2 Å². The molecule has 2 heterocycles. The van der Waals surface area contributed by atoms with Crippen molar-refractivity contribution in [2.75, 3.05) is 11.6 Å². The number of halogens is 1. The molecule has 0 radical (unpaired) electrons. The van der Waals surface area contributed by atoms with Crippen LogP contribution in [-0.2, 0) is 5.75 Å². The number of aromatic nitrogens is 4. The number of carbonyl (C=O) groups excluding carboxylic acids is 1. The molecule has 0 spiro atoms. The Balaban J connectivity index is 1.71. The van der Waals surface area contributed by atoms with Gasteiger partial charge in [0, 0.05) is 5.75 Å². The van der Waals surface area contributed by atoms with E-state index in [1.165, 1.54) is 46.6 Å². The van der Waals surface area contributed by atoms with Crippen LogP contribution in [0.2, 0.25) is 5.02 Å². The molecule has 0 atom stereocenters. The van der Waals surface area contributed by atoms with Crippen LogP contribution < -0.4 is 5.32 Å². The number of amides is 1. The molecule has 0 aliphatic heterocycles. The van der Waals surface area contributed by atoms with E-state index in [2.05, 4.69) is 31.5 Å². The molecule has 0 unspecified atom stereocenters. The molecule has 3 rings (SSSR count). The number of thioether (sulfide) groups is 2. The van der Waals surface area contributed by atoms with Gasteiger partial charge in [0.25, 0.3) is 5.91 Å². The highest BCUT2D eigenvalue weighted by molar-refractivity contribution is 8.00. The molecule has 2 aromatic heterocycles. The summed E-state index contributed by atoms with van der Waals surface area (Å²) in [7, 11) is 0. The summed E-state index contributed by atoms with van der Waals surface area (Å²) in [5.41, 5.74) is 2.48. The number of nitrogens with zero attached hydrogens (tertiary/aromatic N) is 4. The molecule has 0 saturated heterocycles. The van der Waals surface area contributed by atoms with Crippen molar-refractivity contribution in [1.29, 1.82) is 0 Å². The molecule has 0 fully saturated rings. The highest BCUT2D eigenvalue weighted by atomic mass is 35.5. The zero-order chi connectivity index (χ0) is 18.5. The SMILES string of the molecule is CSc1nnc(NC(=O)c2nc(SCc3cccc(C)c3)ncc2Cl)s1. The van der Waals surface area contributed by atoms with E-state index in [1.54, 1.807) is 0 Å². The predicted octanol–water partition coefficient (Wildman–Crippen LogP) is 4.56. The van der Waals surface area contributed by atoms with Crippen molar-refractivity contribution >= 4 is 57.5 Å². The lowest BCUT2D eigenvalue weighted by atomic mass is 10.2. The van der Waals surface area contributed by atoms with Gasteiger partial charge in [-0.1, -0.05) is 76.3 Å². The number of carbonyl (C=O) groups is 1. The van der Waals surface area contributed by atoms with Gasteiger partial charge in [-0.15, -0.1) is 10.2 Å². The summed E-state index contributed by atoms with van der Waals surface area (Å²) in [6.07, 6.45) is 3.33. The van der Waals surface area contributed by atoms with Gasteiger partial charge >= 0.3 is 0 Å². The first kappa shape index (κ1) is 19.1. The van der Waals surface area contributed by atoms with Gasteiger partial charge in [0.2, 0.25) is 5.13 Å². The Kier molecular flexibility index (Phi) is 6.47. The quantitative estimate of drug-likeness (QED) is 0.353. The van der Waals surface area contributed by atoms with Crippen LogP contribution in [0.25, 0.3) is 0 Å². The maximum atomic E-state index is 12.4. The Morgan fingerprint density at radius 2 is 2.19 bits per heavy atom. The van der Waals surface area contributed by atoms with Crippen LogP contribution in [0, 0.1) is 6.92 Å². The Bertz CT molecular complexity index is 934. The van der Waals surface area contributed by atoms with E-state index in [-0.39, 0.29) is 10.7 Å². The van der Waals surface area contributed by atoms with Gasteiger partial charge in [-0.05, 0) is 18.7 Å². The number of nitrogens with one attached hydrogen (secondary N) is 1. The van der Waals surface area contributed by atoms with E-state index in [4.69, 9.17) is 11.6 Å². The number of anilines is 1. The average Bonchev–Trinajstić information content (AvgIpc) is 3.08. The van der Waals surface area contributed by atoms with Crippen molar-refractivity contribution in [3.63, 3.8) is 0 Å². The number of benzene rings is 1. The van der Waals surface area contributed by atoms with Crippen LogP contribution in [-0.4, -0.2) is 32.3 Å². The second-order valence-electron chi connectivity index (χ2n) is 5.16. The van der Waals surface area contributed by atoms with Gasteiger partial charge in [-0.3, -0.25) is 10.1 Å². The van der Waals surface area contributed by atoms with E-state index in [9.17, 15) is 4.79 Å². The van der Waals surface area contributed by atoms with Crippen LogP contribution in [0.15, 0.2) is 40.0 Å². The van der Waals surface area contributed by atoms with Crippen LogP contribution in [0.5, 0.6) is 0 Å². The third-order valence-electron chi connectivity index (χ3n) is 3.19. The summed E-state index contributed by atoms with van der Waals surface area (Å²) >= 11 is 10.3. The topological polar surface area (TPSA) is 80.7 Å². The first-order valence-corrected chi connectivity index (χ1v) is 10.9. The fourth-order valence-electron chi connectivity index (χ4n) is 2.03. The minimum absolute atomic E-state index is 0.120. The number of rotatable bonds is 6. The standard InChI is InChI=1S/C16H14ClN5OS3/c1-9-4-3-5-10(6-9)8-25-14-18-7-11(17)12(19-14)13(23)20-15-21-22-16(24-2)26-15/h3-7H,8H2,1-2H3,(H,20,21,23). The number of hydrogen-bond acceptors (Lipinski definition) is 8. The molecule has 6 nitrogen and oxygen atoms in total. The molecule has 0 saturated carbocycles. The van der Waals surface area contributed by atoms with Crippen LogP contribution in [0.1, 0.15) is 21.6 Å². The highest BCUT2D eigenvalue weighted by Crippen LogP contribution is 2.25. The third-order valence-corrected chi connectivity index (χ3v) is 6.21. The van der Waals surface area contributed by atoms with Crippen molar-refractivity contribution in [3.05, 3.63) is 52.3 Å². The van der Waals surface area contributed by atoms with E-state index < -0.39 is 5.91 Å². The lowest BCUT2D eigenvalue weighted by Crippen LogP contribution is -2.15. The zero-order valence-electron chi connectivity index (χ0n) is 13.9. The smallest absolute Gasteiger partial charge is 0.277 e. The molecule has 134 valence electrons. The average molecular weight is 424 g/mol. The van der Waals surface area contributed by atoms with Crippen LogP contribution in [0.3, 0.4) is 0 Å². The van der Waals surface area contributed by atoms with Crippen molar-refractivity contribution < 1.29 is 4.79 Å². The van der Waals surface area contributed by atoms with Crippen molar-refractivity contribution in [1.82, 2.24) is 20.2 Å². The van der Waals surface area contributed by atoms with E-state index in [0.717, 1.165) is 9.90 Å². The first-order valence-electron chi connectivity index (χ1n) is 7.45. The number of hydrogen-bond donors (Lipinski definition) is 1. The summed E-state index contributed by atoms with van der Waals surface area (Å²) in [6.45, 7) is 2.05. The largest absolute Gasteiger partial charge is 0.295 e. The molecular formula is C16H14ClN5OS3. The highest BCUT2D eigenvalue weighted by Gasteiger charge is 2.16. The summed E-state index contributed by atoms with van der Waals surface area (Å²) < 4.78 is 0.767. The van der Waals surface area contributed by atoms with Crippen molar-refractivity contribution in [3.8, 4) is 0 Å². The fraction of sp³-hybridized carbons (Fsp3) is 0.188. The van der Waals surface area contributed by atoms with Gasteiger partial charge in [0.05, 0.1) is 11.2 Å². The van der Waals surface area contributed by atoms with Crippen LogP contribution >= 0.6 is 46.5 Å². The Morgan fingerprint density at radius 3 is 2.92 bits per heavy atom. The van der Waals surface area contributed by atoms with E-state index in [1.807, 2.05) is 31.4 Å². The predicted molar refractivity (Wildman–Crippen MR) is 107 cm³/mol. The fourth-order valence-corrected chi connectivity index (χ4v) is 4.13. The lowest BCUT2D eigenvalue weighted by molar-refractivity contribution is 0.102. The summed E-state index contributed by atoms with van der Waals surface area (Å²) in [6, 6.07) is 8.21. The normalized spacial score (nSPS) is 10.7. The van der Waals surface area contributed by atoms with Gasteiger partial charge in [0.1, 0.15) is 0 Å². The minimum atomic E-state index is -0.432. The lowest BCUT2D eigenvalue weighted by Gasteiger charge is -2.06. The second-order valence-corrected chi connectivity index (χ2v) is 8.54. The summed E-state index contributed by atoms with van der Waals surface area (Å²) in [4.78, 5) is 20.9. The van der Waals surface area contributed by atoms with E-state index >= 15 is 0 Å². The zero-order valence-corrected chi connectivity index (χ0v) is 17.1. The Morgan fingerprint density at radius 1 is 1.35 bits per heavy atom. The molecule has 3 aromatic rings. The molecule has 0 aliphatic rings. The molecule has 10 heteroatoms. The summed E-state index contributed by atoms with van der Waals surface area (Å²) in [5, 5.41) is 11.6. The minimum Gasteiger partial charge on any atom is -0.295 e. The van der Waals surface area contributed by atoms with Gasteiger partial charge in [-0.2, -0.15) is 0 Å². The molecule has 0 aliphatic carbocycles. The molecule has 26 heavy (non-hydrogen) atoms. The monoisotopic (exact) mass is 423 g/mol. The van der Waals surface area contributed by atoms with Crippen LogP contribution in [0.4, 0.5) is 5.13 Å². The first-order chi connectivity index (χ1) is 12.5. The summed E-state index contributed by atoms with van der Waals surface area (Å²) in [5.74, 6) is 0.274.